The van der Waals surface area contributed by atoms with Crippen molar-refractivity contribution in [3.05, 3.63) is 74.8 Å². The highest BCUT2D eigenvalue weighted by Crippen LogP contribution is 2.30. The van der Waals surface area contributed by atoms with Crippen LogP contribution >= 0.6 is 11.6 Å². The van der Waals surface area contributed by atoms with Crippen molar-refractivity contribution in [1.29, 1.82) is 5.26 Å². The predicted octanol–water partition coefficient (Wildman–Crippen LogP) is 3.86. The fourth-order valence-corrected chi connectivity index (χ4v) is 3.43. The number of nitrogens with zero attached hydrogens (tertiary/aromatic N) is 6. The maximum absolute atomic E-state index is 11.0. The van der Waals surface area contributed by atoms with Crippen molar-refractivity contribution < 1.29 is 9.66 Å². The number of hydrogen-bond donors (Lipinski definition) is 1. The number of nitro benzene ring substituents is 1. The number of non-ortho nitro benzene ring substituents is 1. The van der Waals surface area contributed by atoms with Gasteiger partial charge in [0.1, 0.15) is 11.6 Å². The number of hydrazone groups is 1. The topological polar surface area (TPSA) is 130 Å². The molecule has 4 rings (SSSR count). The molecule has 1 aliphatic heterocycles. The molecule has 2 heterocycles. The van der Waals surface area contributed by atoms with Gasteiger partial charge in [-0.05, 0) is 12.1 Å². The Morgan fingerprint density at radius 1 is 1.21 bits per heavy atom. The Bertz CT molecular complexity index is 1240. The molecule has 1 saturated heterocycles. The molecule has 2 aromatic carbocycles. The summed E-state index contributed by atoms with van der Waals surface area (Å²) in [5.41, 5.74) is 4.77. The summed E-state index contributed by atoms with van der Waals surface area (Å²) in [6.45, 7) is 2.22. The number of hydrogen-bond acceptors (Lipinski definition) is 9. The number of nitrogens with one attached hydrogen (secondary N) is 1. The summed E-state index contributed by atoms with van der Waals surface area (Å²) >= 11 is 6.02. The van der Waals surface area contributed by atoms with Gasteiger partial charge in [-0.1, -0.05) is 35.9 Å². The molecule has 0 bridgehead atoms. The molecule has 0 atom stereocenters. The largest absolute Gasteiger partial charge is 0.378 e. The first kappa shape index (κ1) is 22.1. The first-order chi connectivity index (χ1) is 16.0. The van der Waals surface area contributed by atoms with Crippen LogP contribution in [0.25, 0.3) is 11.3 Å². The van der Waals surface area contributed by atoms with Crippen molar-refractivity contribution in [1.82, 2.24) is 9.97 Å². The van der Waals surface area contributed by atoms with Gasteiger partial charge in [0, 0.05) is 41.4 Å². The Morgan fingerprint density at radius 3 is 2.67 bits per heavy atom. The Kier molecular flexibility index (Phi) is 6.73. The lowest BCUT2D eigenvalue weighted by atomic mass is 10.1. The smallest absolute Gasteiger partial charge is 0.270 e. The summed E-state index contributed by atoms with van der Waals surface area (Å²) < 4.78 is 5.42. The van der Waals surface area contributed by atoms with Gasteiger partial charge in [-0.3, -0.25) is 10.1 Å². The average molecular weight is 464 g/mol. The van der Waals surface area contributed by atoms with Gasteiger partial charge in [-0.15, -0.1) is 0 Å². The number of aromatic nitrogens is 2. The lowest BCUT2D eigenvalue weighted by Gasteiger charge is -2.29. The van der Waals surface area contributed by atoms with Gasteiger partial charge >= 0.3 is 0 Å². The summed E-state index contributed by atoms with van der Waals surface area (Å²) in [6.07, 6.45) is 1.44. The van der Waals surface area contributed by atoms with E-state index in [4.69, 9.17) is 16.3 Å². The third-order valence-corrected chi connectivity index (χ3v) is 5.14. The van der Waals surface area contributed by atoms with Crippen molar-refractivity contribution in [2.24, 2.45) is 5.10 Å². The number of anilines is 2. The van der Waals surface area contributed by atoms with Gasteiger partial charge in [0.25, 0.3) is 5.69 Å². The van der Waals surface area contributed by atoms with E-state index < -0.39 is 4.92 Å². The fraction of sp³-hybridized carbons (Fsp3) is 0.182. The fourth-order valence-electron chi connectivity index (χ4n) is 3.31. The molecule has 1 aliphatic rings. The third-order valence-electron chi connectivity index (χ3n) is 4.89. The second-order valence-corrected chi connectivity index (χ2v) is 7.47. The van der Waals surface area contributed by atoms with E-state index in [0.29, 0.717) is 59.5 Å². The molecule has 166 valence electrons. The Hall–Kier alpha value is -4.07. The van der Waals surface area contributed by atoms with Gasteiger partial charge in [0.05, 0.1) is 30.0 Å². The molecule has 33 heavy (non-hydrogen) atoms. The van der Waals surface area contributed by atoms with Crippen molar-refractivity contribution in [2.45, 2.75) is 0 Å². The number of halogens is 1. The minimum Gasteiger partial charge on any atom is -0.378 e. The molecule has 0 unspecified atom stereocenters. The van der Waals surface area contributed by atoms with Gasteiger partial charge in [0.15, 0.2) is 5.82 Å². The highest BCUT2D eigenvalue weighted by atomic mass is 35.5. The third kappa shape index (κ3) is 5.23. The maximum Gasteiger partial charge on any atom is 0.270 e. The molecule has 0 spiro atoms. The van der Waals surface area contributed by atoms with E-state index >= 15 is 0 Å². The van der Waals surface area contributed by atoms with Crippen LogP contribution < -0.4 is 10.3 Å². The van der Waals surface area contributed by atoms with E-state index in [0.717, 1.165) is 0 Å². The number of nitriles is 1. The van der Waals surface area contributed by atoms with Crippen LogP contribution in [0.2, 0.25) is 5.02 Å². The van der Waals surface area contributed by atoms with E-state index in [1.165, 1.54) is 18.3 Å². The molecule has 0 saturated carbocycles. The second kappa shape index (κ2) is 10.0. The summed E-state index contributed by atoms with van der Waals surface area (Å²) in [5, 5.41) is 25.6. The standard InChI is InChI=1S/C22H18ClN7O3/c23-17-6-4-16(5-7-17)20-19(13-24)21(29-8-10-33-11-9-29)27-22(26-20)28-25-14-15-2-1-3-18(12-15)30(31)32/h1-7,12,14H,8-11H2,(H,26,27,28). The zero-order chi connectivity index (χ0) is 23.2. The van der Waals surface area contributed by atoms with Crippen LogP contribution in [0.15, 0.2) is 53.6 Å². The minimum atomic E-state index is -0.471. The van der Waals surface area contributed by atoms with Gasteiger partial charge in [0.2, 0.25) is 5.95 Å². The van der Waals surface area contributed by atoms with Crippen LogP contribution in [-0.2, 0) is 4.74 Å². The second-order valence-electron chi connectivity index (χ2n) is 7.03. The number of nitro groups is 1. The van der Waals surface area contributed by atoms with Crippen LogP contribution in [0, 0.1) is 21.4 Å². The molecule has 1 N–H and O–H groups in total. The quantitative estimate of drug-likeness (QED) is 0.331. The lowest BCUT2D eigenvalue weighted by Crippen LogP contribution is -2.37. The number of morpholine rings is 1. The number of ether oxygens (including phenoxy) is 1. The zero-order valence-electron chi connectivity index (χ0n) is 17.3. The number of rotatable bonds is 6. The van der Waals surface area contributed by atoms with Crippen molar-refractivity contribution in [2.75, 3.05) is 36.6 Å². The predicted molar refractivity (Wildman–Crippen MR) is 125 cm³/mol. The first-order valence-corrected chi connectivity index (χ1v) is 10.4. The molecule has 1 aromatic heterocycles. The molecule has 11 heteroatoms. The van der Waals surface area contributed by atoms with E-state index in [9.17, 15) is 15.4 Å². The molecule has 3 aromatic rings. The van der Waals surface area contributed by atoms with Crippen molar-refractivity contribution in [3.63, 3.8) is 0 Å². The van der Waals surface area contributed by atoms with Crippen LogP contribution in [0.1, 0.15) is 11.1 Å². The molecule has 0 amide bonds. The van der Waals surface area contributed by atoms with Crippen molar-refractivity contribution >= 4 is 35.3 Å². The highest BCUT2D eigenvalue weighted by molar-refractivity contribution is 6.30. The molecule has 1 fully saturated rings. The van der Waals surface area contributed by atoms with Gasteiger partial charge in [-0.2, -0.15) is 15.3 Å². The van der Waals surface area contributed by atoms with E-state index in [1.807, 2.05) is 4.90 Å². The highest BCUT2D eigenvalue weighted by Gasteiger charge is 2.22. The summed E-state index contributed by atoms with van der Waals surface area (Å²) in [5.74, 6) is 0.663. The summed E-state index contributed by atoms with van der Waals surface area (Å²) in [7, 11) is 0. The molecular weight excluding hydrogens is 446 g/mol. The van der Waals surface area contributed by atoms with E-state index in [-0.39, 0.29) is 11.6 Å². The first-order valence-electron chi connectivity index (χ1n) is 9.99. The average Bonchev–Trinajstić information content (AvgIpc) is 2.84. The zero-order valence-corrected chi connectivity index (χ0v) is 18.1. The minimum absolute atomic E-state index is 0.0341. The van der Waals surface area contributed by atoms with Gasteiger partial charge < -0.3 is 9.64 Å². The van der Waals surface area contributed by atoms with Crippen LogP contribution in [0.4, 0.5) is 17.5 Å². The van der Waals surface area contributed by atoms with Crippen LogP contribution in [0.5, 0.6) is 0 Å². The summed E-state index contributed by atoms with van der Waals surface area (Å²) in [6, 6.07) is 15.3. The Balaban J connectivity index is 1.70. The lowest BCUT2D eigenvalue weighted by molar-refractivity contribution is -0.384. The molecular formula is C22H18ClN7O3. The Morgan fingerprint density at radius 2 is 1.97 bits per heavy atom. The monoisotopic (exact) mass is 463 g/mol. The van der Waals surface area contributed by atoms with Gasteiger partial charge in [-0.25, -0.2) is 10.4 Å². The van der Waals surface area contributed by atoms with Crippen molar-refractivity contribution in [3.8, 4) is 17.3 Å². The molecule has 0 aliphatic carbocycles. The SMILES string of the molecule is N#Cc1c(-c2ccc(Cl)cc2)nc(NN=Cc2cccc([N+](=O)[O-])c2)nc1N1CCOCC1. The number of benzene rings is 2. The van der Waals surface area contributed by atoms with Crippen LogP contribution in [-0.4, -0.2) is 47.4 Å². The maximum atomic E-state index is 11.0. The van der Waals surface area contributed by atoms with E-state index in [1.54, 1.807) is 36.4 Å². The van der Waals surface area contributed by atoms with Crippen LogP contribution in [0.3, 0.4) is 0 Å². The Labute approximate surface area is 194 Å². The molecule has 10 nitrogen and oxygen atoms in total. The van der Waals surface area contributed by atoms with E-state index in [2.05, 4.69) is 26.6 Å². The normalized spacial score (nSPS) is 13.6. The summed E-state index contributed by atoms with van der Waals surface area (Å²) in [4.78, 5) is 21.5. The molecule has 0 radical (unpaired) electrons.